The Balaban J connectivity index is 1.62. The largest absolute Gasteiger partial charge is 0.393 e. The van der Waals surface area contributed by atoms with Crippen molar-refractivity contribution in [2.24, 2.45) is 40.9 Å². The fraction of sp³-hybridized carbons (Fsp3) is 0.739. The van der Waals surface area contributed by atoms with E-state index in [0.717, 1.165) is 36.0 Å². The zero-order valence-electron chi connectivity index (χ0n) is 15.5. The van der Waals surface area contributed by atoms with Crippen molar-refractivity contribution in [1.29, 1.82) is 0 Å². The van der Waals surface area contributed by atoms with Gasteiger partial charge in [-0.05, 0) is 85.5 Å². The molecule has 0 radical (unpaired) electrons. The molecule has 0 saturated heterocycles. The predicted molar refractivity (Wildman–Crippen MR) is 100 cm³/mol. The molecule has 0 aliphatic heterocycles. The summed E-state index contributed by atoms with van der Waals surface area (Å²) in [6.07, 6.45) is 13.2. The van der Waals surface area contributed by atoms with Crippen LogP contribution in [0, 0.1) is 40.9 Å². The van der Waals surface area contributed by atoms with Crippen LogP contribution in [0.15, 0.2) is 36.5 Å². The zero-order chi connectivity index (χ0) is 17.1. The summed E-state index contributed by atoms with van der Waals surface area (Å²) in [4.78, 5) is 0. The van der Waals surface area contributed by atoms with E-state index in [1.165, 1.54) is 44.1 Å². The second-order valence-corrected chi connectivity index (χ2v) is 9.48. The van der Waals surface area contributed by atoms with E-state index in [0.29, 0.717) is 5.92 Å². The summed E-state index contributed by atoms with van der Waals surface area (Å²) in [5, 5.41) is 10.6. The fourth-order valence-corrected chi connectivity index (χ4v) is 7.15. The van der Waals surface area contributed by atoms with Crippen molar-refractivity contribution in [1.82, 2.24) is 0 Å². The van der Waals surface area contributed by atoms with Gasteiger partial charge in [-0.3, -0.25) is 0 Å². The van der Waals surface area contributed by atoms with E-state index >= 15 is 0 Å². The van der Waals surface area contributed by atoms with Crippen LogP contribution < -0.4 is 0 Å². The molecule has 3 saturated carbocycles. The van der Waals surface area contributed by atoms with Crippen LogP contribution >= 0.6 is 0 Å². The molecule has 4 aliphatic carbocycles. The molecular formula is C23H34O. The first-order valence-electron chi connectivity index (χ1n) is 10.2. The van der Waals surface area contributed by atoms with Gasteiger partial charge in [0.05, 0.1) is 6.10 Å². The van der Waals surface area contributed by atoms with E-state index in [1.54, 1.807) is 5.57 Å². The molecule has 1 N–H and O–H groups in total. The lowest BCUT2D eigenvalue weighted by molar-refractivity contribution is -0.0710. The molecular weight excluding hydrogens is 292 g/mol. The lowest BCUT2D eigenvalue weighted by Gasteiger charge is -2.56. The van der Waals surface area contributed by atoms with Gasteiger partial charge in [0.1, 0.15) is 0 Å². The highest BCUT2D eigenvalue weighted by Crippen LogP contribution is 2.63. The SMILES string of the molecule is C=CC(=C)C1C=C2C[C@@H](C)[C@@H]3[C@H](CC[C@]4(C)[C@@H](O)CC[C@@H]34)[C@H]2CC1. The smallest absolute Gasteiger partial charge is 0.0596 e. The van der Waals surface area contributed by atoms with Crippen LogP contribution in [0.3, 0.4) is 0 Å². The minimum absolute atomic E-state index is 0.0563. The summed E-state index contributed by atoms with van der Waals surface area (Å²) in [6, 6.07) is 0. The number of rotatable bonds is 2. The molecule has 0 bridgehead atoms. The number of hydrogen-bond acceptors (Lipinski definition) is 1. The third kappa shape index (κ3) is 2.30. The minimum atomic E-state index is -0.0563. The quantitative estimate of drug-likeness (QED) is 0.523. The molecule has 0 aromatic rings. The normalized spacial score (nSPS) is 50.3. The maximum Gasteiger partial charge on any atom is 0.0596 e. The Labute approximate surface area is 147 Å². The summed E-state index contributed by atoms with van der Waals surface area (Å²) in [6.45, 7) is 13.0. The second kappa shape index (κ2) is 5.87. The standard InChI is InChI=1S/C23H34O/c1-5-14(2)16-6-7-18-17(13-16)12-15(3)22-19(18)10-11-23(4)20(22)8-9-21(23)24/h5,13,15-16,18-22,24H,1-2,6-12H2,3-4H3/t15-,16?,18+,19-,20+,21+,22-,23+/m1/s1. The van der Waals surface area contributed by atoms with Crippen molar-refractivity contribution in [3.8, 4) is 0 Å². The van der Waals surface area contributed by atoms with Gasteiger partial charge in [-0.25, -0.2) is 0 Å². The highest BCUT2D eigenvalue weighted by atomic mass is 16.3. The summed E-state index contributed by atoms with van der Waals surface area (Å²) in [7, 11) is 0. The zero-order valence-corrected chi connectivity index (χ0v) is 15.5. The molecule has 0 spiro atoms. The van der Waals surface area contributed by atoms with Gasteiger partial charge in [-0.15, -0.1) is 0 Å². The van der Waals surface area contributed by atoms with Crippen LogP contribution in [-0.2, 0) is 0 Å². The molecule has 1 heteroatoms. The Kier molecular flexibility index (Phi) is 4.07. The first-order valence-corrected chi connectivity index (χ1v) is 10.2. The Bertz CT molecular complexity index is 573. The van der Waals surface area contributed by atoms with E-state index in [2.05, 4.69) is 33.1 Å². The average Bonchev–Trinajstić information content (AvgIpc) is 2.88. The topological polar surface area (TPSA) is 20.2 Å². The van der Waals surface area contributed by atoms with Crippen molar-refractivity contribution in [3.05, 3.63) is 36.5 Å². The molecule has 0 aromatic carbocycles. The van der Waals surface area contributed by atoms with Crippen molar-refractivity contribution in [2.75, 3.05) is 0 Å². The Morgan fingerprint density at radius 2 is 2.04 bits per heavy atom. The molecule has 0 heterocycles. The highest BCUT2D eigenvalue weighted by molar-refractivity contribution is 5.28. The number of allylic oxidation sites excluding steroid dienone is 4. The van der Waals surface area contributed by atoms with Gasteiger partial charge >= 0.3 is 0 Å². The van der Waals surface area contributed by atoms with Crippen LogP contribution in [0.2, 0.25) is 0 Å². The van der Waals surface area contributed by atoms with Gasteiger partial charge < -0.3 is 5.11 Å². The maximum atomic E-state index is 10.6. The Morgan fingerprint density at radius 1 is 1.25 bits per heavy atom. The number of aliphatic hydroxyl groups is 1. The molecule has 4 aliphatic rings. The monoisotopic (exact) mass is 326 g/mol. The van der Waals surface area contributed by atoms with E-state index < -0.39 is 0 Å². The third-order valence-corrected chi connectivity index (χ3v) is 8.48. The summed E-state index contributed by atoms with van der Waals surface area (Å²) >= 11 is 0. The minimum Gasteiger partial charge on any atom is -0.393 e. The number of aliphatic hydroxyl groups excluding tert-OH is 1. The third-order valence-electron chi connectivity index (χ3n) is 8.48. The van der Waals surface area contributed by atoms with Gasteiger partial charge in [0.15, 0.2) is 0 Å². The fourth-order valence-electron chi connectivity index (χ4n) is 7.15. The lowest BCUT2D eigenvalue weighted by atomic mass is 9.49. The highest BCUT2D eigenvalue weighted by Gasteiger charge is 2.57. The van der Waals surface area contributed by atoms with Gasteiger partial charge in [0.2, 0.25) is 0 Å². The first-order chi connectivity index (χ1) is 11.5. The van der Waals surface area contributed by atoms with Gasteiger partial charge in [-0.2, -0.15) is 0 Å². The Morgan fingerprint density at radius 3 is 2.79 bits per heavy atom. The van der Waals surface area contributed by atoms with Crippen molar-refractivity contribution in [2.45, 2.75) is 64.9 Å². The molecule has 0 amide bonds. The molecule has 1 nitrogen and oxygen atoms in total. The van der Waals surface area contributed by atoms with Gasteiger partial charge in [-0.1, -0.05) is 44.7 Å². The lowest BCUT2D eigenvalue weighted by Crippen LogP contribution is -2.50. The summed E-state index contributed by atoms with van der Waals surface area (Å²) < 4.78 is 0. The van der Waals surface area contributed by atoms with Crippen LogP contribution in [0.1, 0.15) is 58.8 Å². The number of hydrogen-bond donors (Lipinski definition) is 1. The van der Waals surface area contributed by atoms with Crippen LogP contribution in [-0.4, -0.2) is 11.2 Å². The molecule has 0 aromatic heterocycles. The Hall–Kier alpha value is -0.820. The molecule has 3 fully saturated rings. The number of fused-ring (bicyclic) bond motifs is 5. The van der Waals surface area contributed by atoms with Crippen LogP contribution in [0.25, 0.3) is 0 Å². The maximum absolute atomic E-state index is 10.6. The van der Waals surface area contributed by atoms with E-state index in [1.807, 2.05) is 6.08 Å². The molecule has 8 atom stereocenters. The summed E-state index contributed by atoms with van der Waals surface area (Å²) in [5.74, 6) is 4.55. The molecule has 24 heavy (non-hydrogen) atoms. The van der Waals surface area contributed by atoms with Gasteiger partial charge in [0, 0.05) is 5.92 Å². The van der Waals surface area contributed by atoms with Crippen molar-refractivity contribution < 1.29 is 5.11 Å². The second-order valence-electron chi connectivity index (χ2n) is 9.48. The van der Waals surface area contributed by atoms with Gasteiger partial charge in [0.25, 0.3) is 0 Å². The van der Waals surface area contributed by atoms with E-state index in [9.17, 15) is 5.11 Å². The predicted octanol–water partition coefficient (Wildman–Crippen LogP) is 5.52. The first kappa shape index (κ1) is 16.6. The van der Waals surface area contributed by atoms with E-state index in [4.69, 9.17) is 0 Å². The van der Waals surface area contributed by atoms with E-state index in [-0.39, 0.29) is 11.5 Å². The van der Waals surface area contributed by atoms with Crippen molar-refractivity contribution in [3.63, 3.8) is 0 Å². The van der Waals surface area contributed by atoms with Crippen molar-refractivity contribution >= 4 is 0 Å². The molecule has 132 valence electrons. The average molecular weight is 327 g/mol. The molecule has 4 rings (SSSR count). The van der Waals surface area contributed by atoms with Crippen LogP contribution in [0.4, 0.5) is 0 Å². The molecule has 1 unspecified atom stereocenters. The van der Waals surface area contributed by atoms with Crippen LogP contribution in [0.5, 0.6) is 0 Å². The summed E-state index contributed by atoms with van der Waals surface area (Å²) in [5.41, 5.74) is 3.13.